The molecule has 0 fully saturated rings. The summed E-state index contributed by atoms with van der Waals surface area (Å²) in [4.78, 5) is 4.27. The molecule has 0 radical (unpaired) electrons. The Bertz CT molecular complexity index is 538. The molecule has 0 aliphatic carbocycles. The van der Waals surface area contributed by atoms with Crippen LogP contribution in [0.1, 0.15) is 11.3 Å². The lowest BCUT2D eigenvalue weighted by molar-refractivity contribution is 0.294. The Hall–Kier alpha value is -1.26. The highest BCUT2D eigenvalue weighted by atomic mass is 79.9. The number of nitrogens with zero attached hydrogens (tertiary/aromatic N) is 1. The Kier molecular flexibility index (Phi) is 5.68. The van der Waals surface area contributed by atoms with E-state index in [4.69, 9.17) is 21.1 Å². The SMILES string of the molecule is COc1cc(Cl)cc(CBr)c1OCCc1ccccn1. The molecule has 0 amide bonds. The molecule has 3 nitrogen and oxygen atoms in total. The third kappa shape index (κ3) is 3.87. The first-order valence-corrected chi connectivity index (χ1v) is 7.69. The van der Waals surface area contributed by atoms with Crippen LogP contribution in [0.2, 0.25) is 5.02 Å². The van der Waals surface area contributed by atoms with E-state index >= 15 is 0 Å². The average Bonchev–Trinajstić information content (AvgIpc) is 2.49. The number of halogens is 2. The smallest absolute Gasteiger partial charge is 0.165 e. The average molecular weight is 357 g/mol. The summed E-state index contributed by atoms with van der Waals surface area (Å²) in [5.41, 5.74) is 1.97. The number of pyridine rings is 1. The van der Waals surface area contributed by atoms with Crippen molar-refractivity contribution >= 4 is 27.5 Å². The van der Waals surface area contributed by atoms with Gasteiger partial charge in [0.2, 0.25) is 0 Å². The second-order valence-electron chi connectivity index (χ2n) is 4.15. The van der Waals surface area contributed by atoms with Gasteiger partial charge < -0.3 is 9.47 Å². The van der Waals surface area contributed by atoms with E-state index in [1.165, 1.54) is 0 Å². The summed E-state index contributed by atoms with van der Waals surface area (Å²) < 4.78 is 11.2. The number of rotatable bonds is 6. The van der Waals surface area contributed by atoms with Gasteiger partial charge in [-0.05, 0) is 18.2 Å². The molecule has 0 aliphatic heterocycles. The van der Waals surface area contributed by atoms with Crippen molar-refractivity contribution in [2.45, 2.75) is 11.8 Å². The summed E-state index contributed by atoms with van der Waals surface area (Å²) in [6.45, 7) is 0.537. The molecule has 0 saturated heterocycles. The number of alkyl halides is 1. The van der Waals surface area contributed by atoms with Gasteiger partial charge in [0.1, 0.15) is 0 Å². The zero-order chi connectivity index (χ0) is 14.4. The predicted molar refractivity (Wildman–Crippen MR) is 84.1 cm³/mol. The number of methoxy groups -OCH3 is 1. The number of hydrogen-bond acceptors (Lipinski definition) is 3. The first kappa shape index (κ1) is 15.1. The maximum atomic E-state index is 6.04. The molecule has 5 heteroatoms. The third-order valence-corrected chi connectivity index (χ3v) is 3.61. The van der Waals surface area contributed by atoms with E-state index in [0.717, 1.165) is 23.4 Å². The maximum absolute atomic E-state index is 6.04. The monoisotopic (exact) mass is 355 g/mol. The lowest BCUT2D eigenvalue weighted by Crippen LogP contribution is -2.05. The minimum Gasteiger partial charge on any atom is -0.493 e. The van der Waals surface area contributed by atoms with Gasteiger partial charge in [0.05, 0.1) is 13.7 Å². The van der Waals surface area contributed by atoms with Crippen LogP contribution in [0.25, 0.3) is 0 Å². The number of ether oxygens (including phenoxy) is 2. The molecular weight excluding hydrogens is 342 g/mol. The van der Waals surface area contributed by atoms with Gasteiger partial charge in [-0.3, -0.25) is 4.98 Å². The van der Waals surface area contributed by atoms with Crippen LogP contribution < -0.4 is 9.47 Å². The molecule has 0 unspecified atom stereocenters. The van der Waals surface area contributed by atoms with Gasteiger partial charge in [0, 0.05) is 40.3 Å². The molecule has 1 aromatic carbocycles. The lowest BCUT2D eigenvalue weighted by Gasteiger charge is -2.14. The highest BCUT2D eigenvalue weighted by Gasteiger charge is 2.12. The Balaban J connectivity index is 2.08. The molecule has 2 rings (SSSR count). The van der Waals surface area contributed by atoms with Gasteiger partial charge in [-0.1, -0.05) is 33.6 Å². The van der Waals surface area contributed by atoms with Gasteiger partial charge in [-0.25, -0.2) is 0 Å². The minimum atomic E-state index is 0.537. The van der Waals surface area contributed by atoms with Crippen LogP contribution >= 0.6 is 27.5 Å². The highest BCUT2D eigenvalue weighted by molar-refractivity contribution is 9.08. The third-order valence-electron chi connectivity index (χ3n) is 2.79. The topological polar surface area (TPSA) is 31.4 Å². The molecule has 106 valence electrons. The first-order chi connectivity index (χ1) is 9.74. The van der Waals surface area contributed by atoms with E-state index < -0.39 is 0 Å². The molecule has 0 aliphatic rings. The van der Waals surface area contributed by atoms with E-state index in [1.807, 2.05) is 24.3 Å². The Morgan fingerprint density at radius 1 is 1.30 bits per heavy atom. The Morgan fingerprint density at radius 3 is 2.80 bits per heavy atom. The second kappa shape index (κ2) is 7.50. The molecule has 0 N–H and O–H groups in total. The van der Waals surface area contributed by atoms with E-state index in [-0.39, 0.29) is 0 Å². The summed E-state index contributed by atoms with van der Waals surface area (Å²) >= 11 is 9.48. The van der Waals surface area contributed by atoms with E-state index in [9.17, 15) is 0 Å². The van der Waals surface area contributed by atoms with Crippen molar-refractivity contribution in [2.24, 2.45) is 0 Å². The molecule has 2 aromatic rings. The van der Waals surface area contributed by atoms with Crippen molar-refractivity contribution in [1.82, 2.24) is 4.98 Å². The van der Waals surface area contributed by atoms with Gasteiger partial charge >= 0.3 is 0 Å². The normalized spacial score (nSPS) is 10.3. The van der Waals surface area contributed by atoms with Crippen LogP contribution in [0.5, 0.6) is 11.5 Å². The fraction of sp³-hybridized carbons (Fsp3) is 0.267. The van der Waals surface area contributed by atoms with Crippen molar-refractivity contribution in [3.05, 3.63) is 52.8 Å². The second-order valence-corrected chi connectivity index (χ2v) is 5.15. The molecule has 0 spiro atoms. The minimum absolute atomic E-state index is 0.537. The predicted octanol–water partition coefficient (Wildman–Crippen LogP) is 4.26. The summed E-state index contributed by atoms with van der Waals surface area (Å²) in [6, 6.07) is 9.47. The quantitative estimate of drug-likeness (QED) is 0.725. The summed E-state index contributed by atoms with van der Waals surface area (Å²) in [5.74, 6) is 1.37. The fourth-order valence-electron chi connectivity index (χ4n) is 1.84. The van der Waals surface area contributed by atoms with Gasteiger partial charge in [0.25, 0.3) is 0 Å². The molecule has 0 atom stereocenters. The standard InChI is InChI=1S/C15H15BrClNO2/c1-19-14-9-12(17)8-11(10-16)15(14)20-7-5-13-4-2-3-6-18-13/h2-4,6,8-9H,5,7,10H2,1H3. The van der Waals surface area contributed by atoms with Crippen molar-refractivity contribution in [3.8, 4) is 11.5 Å². The van der Waals surface area contributed by atoms with Gasteiger partial charge in [0.15, 0.2) is 11.5 Å². The van der Waals surface area contributed by atoms with Gasteiger partial charge in [-0.15, -0.1) is 0 Å². The van der Waals surface area contributed by atoms with Crippen LogP contribution in [0.15, 0.2) is 36.5 Å². The van der Waals surface area contributed by atoms with Crippen LogP contribution in [-0.4, -0.2) is 18.7 Å². The van der Waals surface area contributed by atoms with Crippen LogP contribution in [0.4, 0.5) is 0 Å². The molecule has 1 aromatic heterocycles. The van der Waals surface area contributed by atoms with Gasteiger partial charge in [-0.2, -0.15) is 0 Å². The summed E-state index contributed by atoms with van der Waals surface area (Å²) in [5, 5.41) is 1.29. The van der Waals surface area contributed by atoms with Crippen LogP contribution in [0.3, 0.4) is 0 Å². The molecule has 20 heavy (non-hydrogen) atoms. The Labute approximate surface area is 132 Å². The van der Waals surface area contributed by atoms with Crippen molar-refractivity contribution in [3.63, 3.8) is 0 Å². The summed E-state index contributed by atoms with van der Waals surface area (Å²) in [6.07, 6.45) is 2.52. The molecule has 0 bridgehead atoms. The van der Waals surface area contributed by atoms with Crippen LogP contribution in [-0.2, 0) is 11.8 Å². The number of benzene rings is 1. The van der Waals surface area contributed by atoms with Crippen LogP contribution in [0, 0.1) is 0 Å². The largest absolute Gasteiger partial charge is 0.493 e. The fourth-order valence-corrected chi connectivity index (χ4v) is 2.49. The number of aromatic nitrogens is 1. The molecule has 0 saturated carbocycles. The zero-order valence-corrected chi connectivity index (χ0v) is 13.4. The molecular formula is C15H15BrClNO2. The number of hydrogen-bond donors (Lipinski definition) is 0. The van der Waals surface area contributed by atoms with Crippen molar-refractivity contribution in [1.29, 1.82) is 0 Å². The van der Waals surface area contributed by atoms with Crippen molar-refractivity contribution < 1.29 is 9.47 Å². The first-order valence-electron chi connectivity index (χ1n) is 6.19. The van der Waals surface area contributed by atoms with E-state index in [2.05, 4.69) is 20.9 Å². The summed E-state index contributed by atoms with van der Waals surface area (Å²) in [7, 11) is 1.61. The zero-order valence-electron chi connectivity index (χ0n) is 11.1. The lowest BCUT2D eigenvalue weighted by atomic mass is 10.2. The maximum Gasteiger partial charge on any atom is 0.165 e. The molecule has 1 heterocycles. The highest BCUT2D eigenvalue weighted by Crippen LogP contribution is 2.35. The Morgan fingerprint density at radius 2 is 2.15 bits per heavy atom. The van der Waals surface area contributed by atoms with E-state index in [0.29, 0.717) is 22.7 Å². The van der Waals surface area contributed by atoms with E-state index in [1.54, 1.807) is 19.4 Å². The van der Waals surface area contributed by atoms with Crippen molar-refractivity contribution in [2.75, 3.05) is 13.7 Å².